The number of nitrogens with zero attached hydrogens (tertiary/aromatic N) is 1. The molecular formula is C41H38BrNO8. The number of phenols is 1. The van der Waals surface area contributed by atoms with Crippen LogP contribution < -0.4 is 4.74 Å². The highest BCUT2D eigenvalue weighted by molar-refractivity contribution is 9.10. The lowest BCUT2D eigenvalue weighted by Gasteiger charge is -2.55. The first-order chi connectivity index (χ1) is 24.6. The van der Waals surface area contributed by atoms with Gasteiger partial charge in [-0.05, 0) is 82.4 Å². The van der Waals surface area contributed by atoms with Crippen molar-refractivity contribution in [3.05, 3.63) is 112 Å². The van der Waals surface area contributed by atoms with Gasteiger partial charge in [0.15, 0.2) is 23.1 Å². The number of aromatic hydroxyl groups is 1. The van der Waals surface area contributed by atoms with Crippen LogP contribution in [0.4, 0.5) is 0 Å². The molecule has 262 valence electrons. The first kappa shape index (κ1) is 34.6. The monoisotopic (exact) mass is 751 g/mol. The number of hydrogen-bond acceptors (Lipinski definition) is 7. The number of Topliss-reactive ketones (excluding diaryl/α,β-unsaturated/α-hetero) is 1. The van der Waals surface area contributed by atoms with Crippen LogP contribution in [0.3, 0.4) is 0 Å². The summed E-state index contributed by atoms with van der Waals surface area (Å²) in [5, 5.41) is 19.9. The number of unbranched alkanes of at least 4 members (excludes halogenated alkanes) is 2. The van der Waals surface area contributed by atoms with Crippen LogP contribution in [0.2, 0.25) is 0 Å². The maximum absolute atomic E-state index is 15.1. The fourth-order valence-electron chi connectivity index (χ4n) is 9.17. The number of likely N-dealkylation sites (tertiary alicyclic amines) is 1. The molecule has 6 atom stereocenters. The van der Waals surface area contributed by atoms with Gasteiger partial charge in [0.1, 0.15) is 0 Å². The number of ketones is 2. The third-order valence-electron chi connectivity index (χ3n) is 11.3. The average Bonchev–Trinajstić information content (AvgIpc) is 3.38. The van der Waals surface area contributed by atoms with Crippen LogP contribution in [0.1, 0.15) is 61.1 Å². The zero-order chi connectivity index (χ0) is 36.0. The van der Waals surface area contributed by atoms with Crippen LogP contribution >= 0.6 is 15.9 Å². The Morgan fingerprint density at radius 2 is 1.65 bits per heavy atom. The van der Waals surface area contributed by atoms with E-state index in [-0.39, 0.29) is 54.3 Å². The number of phenolic OH excluding ortho intramolecular Hbond substituents is 1. The fourth-order valence-corrected chi connectivity index (χ4v) is 9.63. The van der Waals surface area contributed by atoms with Crippen LogP contribution in [0.25, 0.3) is 5.57 Å². The van der Waals surface area contributed by atoms with Crippen LogP contribution in [0, 0.1) is 23.7 Å². The summed E-state index contributed by atoms with van der Waals surface area (Å²) < 4.78 is 5.92. The second kappa shape index (κ2) is 13.7. The number of amides is 2. The molecule has 2 N–H and O–H groups in total. The molecule has 1 saturated carbocycles. The molecule has 1 heterocycles. The van der Waals surface area contributed by atoms with Crippen molar-refractivity contribution >= 4 is 50.9 Å². The lowest BCUT2D eigenvalue weighted by atomic mass is 9.44. The summed E-state index contributed by atoms with van der Waals surface area (Å²) in [5.74, 6) is -5.24. The Kier molecular flexibility index (Phi) is 9.31. The number of allylic oxidation sites excluding steroid dienone is 4. The number of carboxylic acids is 1. The van der Waals surface area contributed by atoms with Crippen LogP contribution in [0.5, 0.6) is 11.5 Å². The third-order valence-corrected chi connectivity index (χ3v) is 11.9. The summed E-state index contributed by atoms with van der Waals surface area (Å²) in [6, 6.07) is 21.9. The number of carbonyl (C=O) groups is 5. The number of rotatable bonds is 10. The Hall–Kier alpha value is -4.83. The van der Waals surface area contributed by atoms with E-state index >= 15 is 9.59 Å². The molecule has 10 heteroatoms. The standard InChI is InChI=1S/C41H38BrNO8/c1-51-32-20-24(19-31(42)38(32)48)36-26-16-17-27-35(40(50)43(39(27)49)18-10-4-9-15-34(45)46)29(26)21-30-37(47)28(23-11-5-2-6-12-23)22-33(44)41(30,36)25-13-7-3-8-14-25/h2-3,5-8,11-14,16,19-20,22,27,29-30,35-36,48H,4,9-10,15,17-18,21H2,1H3,(H,45,46). The Bertz CT molecular complexity index is 1990. The molecule has 4 aliphatic rings. The summed E-state index contributed by atoms with van der Waals surface area (Å²) in [5.41, 5.74) is 1.66. The van der Waals surface area contributed by atoms with Gasteiger partial charge >= 0.3 is 5.97 Å². The minimum atomic E-state index is -1.40. The first-order valence-electron chi connectivity index (χ1n) is 17.3. The highest BCUT2D eigenvalue weighted by atomic mass is 79.9. The molecule has 0 radical (unpaired) electrons. The van der Waals surface area contributed by atoms with E-state index in [1.807, 2.05) is 66.7 Å². The van der Waals surface area contributed by atoms with Gasteiger partial charge in [0.05, 0.1) is 28.8 Å². The number of hydrogen-bond donors (Lipinski definition) is 2. The van der Waals surface area contributed by atoms with E-state index in [2.05, 4.69) is 15.9 Å². The molecule has 7 rings (SSSR count). The minimum absolute atomic E-state index is 0.0266. The van der Waals surface area contributed by atoms with E-state index in [4.69, 9.17) is 9.84 Å². The van der Waals surface area contributed by atoms with Crippen molar-refractivity contribution in [3.63, 3.8) is 0 Å². The zero-order valence-electron chi connectivity index (χ0n) is 28.1. The number of benzene rings is 3. The maximum Gasteiger partial charge on any atom is 0.303 e. The zero-order valence-corrected chi connectivity index (χ0v) is 29.7. The average molecular weight is 753 g/mol. The molecule has 3 aromatic carbocycles. The van der Waals surface area contributed by atoms with Gasteiger partial charge in [-0.25, -0.2) is 0 Å². The molecule has 0 aromatic heterocycles. The van der Waals surface area contributed by atoms with Crippen LogP contribution in [-0.2, 0) is 29.4 Å². The predicted octanol–water partition coefficient (Wildman–Crippen LogP) is 6.63. The first-order valence-corrected chi connectivity index (χ1v) is 18.1. The number of halogens is 1. The number of carboxylic acid groups (broad SMARTS) is 1. The number of ether oxygens (including phenoxy) is 1. The van der Waals surface area contributed by atoms with Crippen LogP contribution in [0.15, 0.2) is 95.0 Å². The molecule has 1 aliphatic heterocycles. The quantitative estimate of drug-likeness (QED) is 0.134. The van der Waals surface area contributed by atoms with Crippen molar-refractivity contribution in [3.8, 4) is 11.5 Å². The summed E-state index contributed by atoms with van der Waals surface area (Å²) in [6.07, 6.45) is 5.51. The summed E-state index contributed by atoms with van der Waals surface area (Å²) >= 11 is 3.48. The molecule has 51 heavy (non-hydrogen) atoms. The molecule has 9 nitrogen and oxygen atoms in total. The SMILES string of the molecule is COc1cc(C2C3=CCC4C(=O)N(CCCCCC(=O)O)C(=O)C4C3CC3C(=O)C(c4ccccc4)=CC(=O)C32c2ccccc2)cc(Br)c1O. The second-order valence-corrected chi connectivity index (χ2v) is 14.7. The molecule has 0 spiro atoms. The van der Waals surface area contributed by atoms with Crippen molar-refractivity contribution in [2.45, 2.75) is 49.9 Å². The molecular weight excluding hydrogens is 714 g/mol. The lowest BCUT2D eigenvalue weighted by Crippen LogP contribution is -2.58. The Morgan fingerprint density at radius 1 is 0.941 bits per heavy atom. The molecule has 1 saturated heterocycles. The van der Waals surface area contributed by atoms with Crippen molar-refractivity contribution < 1.29 is 38.9 Å². The van der Waals surface area contributed by atoms with Gasteiger partial charge in [-0.1, -0.05) is 78.7 Å². The third kappa shape index (κ3) is 5.64. The van der Waals surface area contributed by atoms with E-state index in [1.165, 1.54) is 18.1 Å². The van der Waals surface area contributed by atoms with E-state index in [9.17, 15) is 19.5 Å². The van der Waals surface area contributed by atoms with Crippen molar-refractivity contribution in [1.29, 1.82) is 0 Å². The van der Waals surface area contributed by atoms with Gasteiger partial charge in [-0.15, -0.1) is 0 Å². The summed E-state index contributed by atoms with van der Waals surface area (Å²) in [4.78, 5) is 70.6. The predicted molar refractivity (Wildman–Crippen MR) is 192 cm³/mol. The minimum Gasteiger partial charge on any atom is -0.503 e. The number of methoxy groups -OCH3 is 1. The van der Waals surface area contributed by atoms with Gasteiger partial charge in [0.2, 0.25) is 11.8 Å². The van der Waals surface area contributed by atoms with Gasteiger partial charge in [0.25, 0.3) is 0 Å². The Labute approximate surface area is 304 Å². The molecule has 3 aromatic rings. The largest absolute Gasteiger partial charge is 0.503 e. The molecule has 2 fully saturated rings. The van der Waals surface area contributed by atoms with Crippen molar-refractivity contribution in [1.82, 2.24) is 4.90 Å². The summed E-state index contributed by atoms with van der Waals surface area (Å²) in [7, 11) is 1.44. The van der Waals surface area contributed by atoms with E-state index < -0.39 is 41.0 Å². The van der Waals surface area contributed by atoms with Gasteiger partial charge in [-0.3, -0.25) is 28.9 Å². The lowest BCUT2D eigenvalue weighted by molar-refractivity contribution is -0.141. The number of aliphatic carboxylic acids is 1. The van der Waals surface area contributed by atoms with Gasteiger partial charge < -0.3 is 14.9 Å². The molecule has 3 aliphatic carbocycles. The number of carbonyl (C=O) groups excluding carboxylic acids is 4. The van der Waals surface area contributed by atoms with E-state index in [0.29, 0.717) is 52.4 Å². The number of imide groups is 1. The highest BCUT2D eigenvalue weighted by Crippen LogP contribution is 2.64. The maximum atomic E-state index is 15.1. The Morgan fingerprint density at radius 3 is 2.33 bits per heavy atom. The smallest absolute Gasteiger partial charge is 0.303 e. The van der Waals surface area contributed by atoms with E-state index in [1.54, 1.807) is 12.1 Å². The second-order valence-electron chi connectivity index (χ2n) is 13.9. The van der Waals surface area contributed by atoms with Gasteiger partial charge in [-0.2, -0.15) is 0 Å². The summed E-state index contributed by atoms with van der Waals surface area (Å²) in [6.45, 7) is 0.202. The van der Waals surface area contributed by atoms with Crippen LogP contribution in [-0.4, -0.2) is 58.1 Å². The molecule has 6 unspecified atom stereocenters. The Balaban J connectivity index is 1.40. The van der Waals surface area contributed by atoms with Crippen molar-refractivity contribution in [2.24, 2.45) is 23.7 Å². The number of fused-ring (bicyclic) bond motifs is 4. The molecule has 2 amide bonds. The molecule has 0 bridgehead atoms. The normalized spacial score (nSPS) is 26.9. The topological polar surface area (TPSA) is 138 Å². The van der Waals surface area contributed by atoms with Crippen molar-refractivity contribution in [2.75, 3.05) is 13.7 Å². The fraction of sp³-hybridized carbons (Fsp3) is 0.341. The van der Waals surface area contributed by atoms with E-state index in [0.717, 1.165) is 5.57 Å². The van der Waals surface area contributed by atoms with Gasteiger partial charge in [0, 0.05) is 30.4 Å². The highest BCUT2D eigenvalue weighted by Gasteiger charge is 2.65.